The molecule has 2 aromatic rings. The number of aromatic nitrogens is 1. The predicted molar refractivity (Wildman–Crippen MR) is 147 cm³/mol. The number of nitrogens with zero attached hydrogens (tertiary/aromatic N) is 3. The van der Waals surface area contributed by atoms with Gasteiger partial charge in [0.1, 0.15) is 11.3 Å². The van der Waals surface area contributed by atoms with Gasteiger partial charge in [0.2, 0.25) is 5.91 Å². The number of benzene rings is 1. The smallest absolute Gasteiger partial charge is 0.409 e. The lowest BCUT2D eigenvalue weighted by atomic mass is 9.91. The number of amides is 3. The summed E-state index contributed by atoms with van der Waals surface area (Å²) in [5.74, 6) is -5.58. The van der Waals surface area contributed by atoms with Crippen molar-refractivity contribution in [3.63, 3.8) is 0 Å². The van der Waals surface area contributed by atoms with Gasteiger partial charge in [0.15, 0.2) is 5.60 Å². The van der Waals surface area contributed by atoms with Gasteiger partial charge in [-0.1, -0.05) is 11.6 Å². The Labute approximate surface area is 241 Å². The molecular weight excluding hydrogens is 560 g/mol. The largest absolute Gasteiger partial charge is 0.481 e. The van der Waals surface area contributed by atoms with Gasteiger partial charge in [-0.2, -0.15) is 0 Å². The number of carboxylic acid groups (broad SMARTS) is 2. The van der Waals surface area contributed by atoms with Crippen LogP contribution < -0.4 is 10.5 Å². The Kier molecular flexibility index (Phi) is 9.64. The van der Waals surface area contributed by atoms with Crippen LogP contribution in [0.15, 0.2) is 12.1 Å². The normalized spacial score (nSPS) is 14.5. The van der Waals surface area contributed by atoms with Crippen molar-refractivity contribution in [2.24, 2.45) is 5.73 Å². The molecule has 1 aliphatic heterocycles. The molecule has 0 radical (unpaired) electrons. The third-order valence-corrected chi connectivity index (χ3v) is 7.16. The first kappa shape index (κ1) is 31.4. The number of carboxylic acids is 2. The lowest BCUT2D eigenvalue weighted by Gasteiger charge is -2.36. The summed E-state index contributed by atoms with van der Waals surface area (Å²) in [5.41, 5.74) is 4.31. The van der Waals surface area contributed by atoms with Gasteiger partial charge >= 0.3 is 18.0 Å². The van der Waals surface area contributed by atoms with E-state index in [-0.39, 0.29) is 67.1 Å². The minimum atomic E-state index is -1.84. The number of pyridine rings is 1. The molecule has 13 nitrogen and oxygen atoms in total. The molecule has 3 amide bonds. The molecule has 41 heavy (non-hydrogen) atoms. The van der Waals surface area contributed by atoms with E-state index in [0.29, 0.717) is 10.6 Å². The van der Waals surface area contributed by atoms with Crippen LogP contribution in [0.3, 0.4) is 0 Å². The molecule has 0 saturated carbocycles. The van der Waals surface area contributed by atoms with Crippen molar-refractivity contribution < 1.29 is 43.7 Å². The summed E-state index contributed by atoms with van der Waals surface area (Å²) in [4.78, 5) is 69.9. The van der Waals surface area contributed by atoms with Crippen molar-refractivity contribution in [1.82, 2.24) is 14.8 Å². The second-order valence-corrected chi connectivity index (χ2v) is 10.5. The number of halogens is 1. The van der Waals surface area contributed by atoms with E-state index in [4.69, 9.17) is 26.8 Å². The fourth-order valence-corrected chi connectivity index (χ4v) is 4.63. The maximum absolute atomic E-state index is 13.9. The van der Waals surface area contributed by atoms with Crippen molar-refractivity contribution >= 4 is 52.4 Å². The maximum atomic E-state index is 13.9. The molecule has 1 aromatic heterocycles. The predicted octanol–water partition coefficient (Wildman–Crippen LogP) is 2.79. The number of fused-ring (bicyclic) bond motifs is 1. The fourth-order valence-electron chi connectivity index (χ4n) is 4.46. The highest BCUT2D eigenvalue weighted by atomic mass is 35.5. The number of hydrogen-bond acceptors (Lipinski definition) is 8. The zero-order valence-corrected chi connectivity index (χ0v) is 24.0. The molecule has 0 bridgehead atoms. The highest BCUT2D eigenvalue weighted by Crippen LogP contribution is 2.40. The second-order valence-electron chi connectivity index (χ2n) is 10.1. The molecule has 1 fully saturated rings. The summed E-state index contributed by atoms with van der Waals surface area (Å²) in [7, 11) is 0. The Morgan fingerprint density at radius 2 is 1.71 bits per heavy atom. The number of rotatable bonds is 10. The van der Waals surface area contributed by atoms with Crippen molar-refractivity contribution in [3.8, 4) is 5.75 Å². The van der Waals surface area contributed by atoms with Crippen LogP contribution in [-0.4, -0.2) is 93.2 Å². The van der Waals surface area contributed by atoms with Crippen LogP contribution in [0.25, 0.3) is 10.9 Å². The summed E-state index contributed by atoms with van der Waals surface area (Å²) in [6, 6.07) is 3.05. The van der Waals surface area contributed by atoms with E-state index in [1.165, 1.54) is 29.7 Å². The van der Waals surface area contributed by atoms with Crippen LogP contribution in [0, 0.1) is 6.92 Å². The van der Waals surface area contributed by atoms with E-state index in [9.17, 15) is 34.2 Å². The Hall–Kier alpha value is -4.13. The number of hydrogen-bond donors (Lipinski definition) is 3. The number of aryl methyl sites for hydroxylation is 1. The van der Waals surface area contributed by atoms with Gasteiger partial charge in [-0.3, -0.25) is 19.4 Å². The molecule has 0 aliphatic carbocycles. The summed E-state index contributed by atoms with van der Waals surface area (Å²) < 4.78 is 10.9. The van der Waals surface area contributed by atoms with Gasteiger partial charge in [0.05, 0.1) is 23.7 Å². The third kappa shape index (κ3) is 6.96. The van der Waals surface area contributed by atoms with Crippen LogP contribution in [0.4, 0.5) is 4.79 Å². The molecule has 1 aliphatic rings. The monoisotopic (exact) mass is 592 g/mol. The molecule has 0 spiro atoms. The van der Waals surface area contributed by atoms with Crippen molar-refractivity contribution in [2.45, 2.75) is 52.1 Å². The summed E-state index contributed by atoms with van der Waals surface area (Å²) >= 11 is 6.34. The number of primary amides is 1. The SMILES string of the molecule is CCOC(=O)N1CCN(C(=O)C(CCC(=O)O)c2nc3cc(C)c(Cl)cc3c(OC(C)(C)C(=O)O)c2C(N)=O)CC1. The Morgan fingerprint density at radius 1 is 1.10 bits per heavy atom. The molecule has 1 unspecified atom stereocenters. The first-order valence-electron chi connectivity index (χ1n) is 13.0. The van der Waals surface area contributed by atoms with E-state index in [1.807, 2.05) is 0 Å². The van der Waals surface area contributed by atoms with Gasteiger partial charge in [0, 0.05) is 43.0 Å². The third-order valence-electron chi connectivity index (χ3n) is 6.76. The lowest BCUT2D eigenvalue weighted by molar-refractivity contribution is -0.152. The van der Waals surface area contributed by atoms with Crippen LogP contribution in [0.1, 0.15) is 61.1 Å². The van der Waals surface area contributed by atoms with E-state index >= 15 is 0 Å². The topological polar surface area (TPSA) is 190 Å². The Morgan fingerprint density at radius 3 is 2.24 bits per heavy atom. The maximum Gasteiger partial charge on any atom is 0.409 e. The number of carbonyl (C=O) groups is 5. The van der Waals surface area contributed by atoms with Crippen LogP contribution in [0.2, 0.25) is 5.02 Å². The zero-order chi connectivity index (χ0) is 30.6. The van der Waals surface area contributed by atoms with E-state index in [0.717, 1.165) is 0 Å². The van der Waals surface area contributed by atoms with Crippen molar-refractivity contribution in [3.05, 3.63) is 34.0 Å². The van der Waals surface area contributed by atoms with E-state index < -0.39 is 47.8 Å². The molecule has 2 heterocycles. The number of piperazine rings is 1. The standard InChI is InChI=1S/C27H33ClN4O9/c1-5-40-26(39)32-10-8-31(9-11-32)24(36)15(6-7-19(33)34)21-20(23(29)35)22(41-27(3,4)25(37)38)16-13-17(28)14(2)12-18(16)30-21/h12-13,15H,5-11H2,1-4H3,(H2,29,35)(H,33,34)(H,37,38). The van der Waals surface area contributed by atoms with E-state index in [2.05, 4.69) is 4.98 Å². The number of carbonyl (C=O) groups excluding carboxylic acids is 3. The highest BCUT2D eigenvalue weighted by molar-refractivity contribution is 6.32. The fraction of sp³-hybridized carbons (Fsp3) is 0.481. The lowest BCUT2D eigenvalue weighted by Crippen LogP contribution is -2.52. The van der Waals surface area contributed by atoms with Crippen LogP contribution >= 0.6 is 11.6 Å². The molecular formula is C27H33ClN4O9. The molecule has 4 N–H and O–H groups in total. The quantitative estimate of drug-likeness (QED) is 0.370. The Bertz CT molecular complexity index is 1390. The van der Waals surface area contributed by atoms with Crippen LogP contribution in [-0.2, 0) is 19.1 Å². The van der Waals surface area contributed by atoms with Gasteiger partial charge < -0.3 is 35.2 Å². The highest BCUT2D eigenvalue weighted by Gasteiger charge is 2.38. The van der Waals surface area contributed by atoms with Gasteiger partial charge in [-0.15, -0.1) is 0 Å². The second kappa shape index (κ2) is 12.6. The molecule has 14 heteroatoms. The summed E-state index contributed by atoms with van der Waals surface area (Å²) in [6.45, 7) is 6.77. The minimum absolute atomic E-state index is 0.130. The Balaban J connectivity index is 2.19. The van der Waals surface area contributed by atoms with Crippen LogP contribution in [0.5, 0.6) is 5.75 Å². The van der Waals surface area contributed by atoms with Gasteiger partial charge in [-0.25, -0.2) is 9.59 Å². The van der Waals surface area contributed by atoms with Gasteiger partial charge in [0.25, 0.3) is 5.91 Å². The number of nitrogens with two attached hydrogens (primary N) is 1. The first-order valence-corrected chi connectivity index (χ1v) is 13.3. The molecule has 1 atom stereocenters. The van der Waals surface area contributed by atoms with Crippen molar-refractivity contribution in [1.29, 1.82) is 0 Å². The van der Waals surface area contributed by atoms with Crippen molar-refractivity contribution in [2.75, 3.05) is 32.8 Å². The average molecular weight is 593 g/mol. The number of ether oxygens (including phenoxy) is 2. The number of aliphatic carboxylic acids is 2. The van der Waals surface area contributed by atoms with Gasteiger partial charge in [-0.05, 0) is 51.8 Å². The summed E-state index contributed by atoms with van der Waals surface area (Å²) in [6.07, 6.45) is -1.18. The first-order chi connectivity index (χ1) is 19.2. The minimum Gasteiger partial charge on any atom is -0.481 e. The molecule has 1 aromatic carbocycles. The average Bonchev–Trinajstić information content (AvgIpc) is 2.89. The molecule has 3 rings (SSSR count). The molecule has 1 saturated heterocycles. The molecule has 222 valence electrons. The zero-order valence-electron chi connectivity index (χ0n) is 23.2. The van der Waals surface area contributed by atoms with E-state index in [1.54, 1.807) is 19.9 Å². The summed E-state index contributed by atoms with van der Waals surface area (Å²) in [5, 5.41) is 19.7.